The summed E-state index contributed by atoms with van der Waals surface area (Å²) in [6.45, 7) is 3.49. The molecule has 2 aliphatic heterocycles. The van der Waals surface area contributed by atoms with E-state index in [0.717, 1.165) is 61.0 Å². The van der Waals surface area contributed by atoms with Gasteiger partial charge < -0.3 is 15.2 Å². The minimum absolute atomic E-state index is 0.204. The number of halogens is 1. The van der Waals surface area contributed by atoms with E-state index in [2.05, 4.69) is 0 Å². The molecule has 3 rings (SSSR count). The molecule has 1 atom stereocenters. The molecule has 4 heteroatoms. The van der Waals surface area contributed by atoms with Crippen LogP contribution in [-0.4, -0.2) is 19.3 Å². The number of benzene rings is 1. The van der Waals surface area contributed by atoms with E-state index in [1.165, 1.54) is 11.1 Å². The first-order valence-electron chi connectivity index (χ1n) is 6.55. The van der Waals surface area contributed by atoms with Gasteiger partial charge in [0.25, 0.3) is 0 Å². The van der Waals surface area contributed by atoms with Crippen LogP contribution in [0.4, 0.5) is 0 Å². The fraction of sp³-hybridized carbons (Fsp3) is 0.571. The predicted molar refractivity (Wildman–Crippen MR) is 71.8 cm³/mol. The van der Waals surface area contributed by atoms with Gasteiger partial charge in [-0.1, -0.05) is 11.6 Å². The molecule has 3 nitrogen and oxygen atoms in total. The maximum absolute atomic E-state index is 6.40. The van der Waals surface area contributed by atoms with Crippen molar-refractivity contribution in [1.82, 2.24) is 0 Å². The van der Waals surface area contributed by atoms with Gasteiger partial charge in [-0.3, -0.25) is 0 Å². The van der Waals surface area contributed by atoms with Crippen molar-refractivity contribution in [2.75, 3.05) is 13.2 Å². The van der Waals surface area contributed by atoms with Crippen molar-refractivity contribution in [2.45, 2.75) is 38.6 Å². The van der Waals surface area contributed by atoms with Gasteiger partial charge in [0, 0.05) is 35.6 Å². The molecule has 2 aliphatic rings. The Balaban J connectivity index is 2.06. The smallest absolute Gasteiger partial charge is 0.142 e. The van der Waals surface area contributed by atoms with Crippen molar-refractivity contribution in [3.05, 3.63) is 21.7 Å². The first-order valence-corrected chi connectivity index (χ1v) is 6.93. The van der Waals surface area contributed by atoms with E-state index in [1.54, 1.807) is 0 Å². The highest BCUT2D eigenvalue weighted by atomic mass is 35.5. The van der Waals surface area contributed by atoms with Crippen LogP contribution in [0.3, 0.4) is 0 Å². The maximum atomic E-state index is 6.40. The number of nitrogens with two attached hydrogens (primary N) is 1. The number of hydrogen-bond acceptors (Lipinski definition) is 3. The highest BCUT2D eigenvalue weighted by molar-refractivity contribution is 6.33. The van der Waals surface area contributed by atoms with E-state index >= 15 is 0 Å². The Kier molecular flexibility index (Phi) is 3.12. The van der Waals surface area contributed by atoms with Gasteiger partial charge in [-0.25, -0.2) is 0 Å². The summed E-state index contributed by atoms with van der Waals surface area (Å²) in [5.74, 6) is 1.89. The molecule has 98 valence electrons. The summed E-state index contributed by atoms with van der Waals surface area (Å²) in [7, 11) is 0. The fourth-order valence-corrected chi connectivity index (χ4v) is 3.13. The first kappa shape index (κ1) is 12.1. The topological polar surface area (TPSA) is 44.5 Å². The molecule has 1 aromatic rings. The van der Waals surface area contributed by atoms with Gasteiger partial charge in [0.05, 0.1) is 18.2 Å². The normalized spacial score (nSPS) is 17.9. The van der Waals surface area contributed by atoms with Gasteiger partial charge in [-0.2, -0.15) is 0 Å². The van der Waals surface area contributed by atoms with E-state index in [0.29, 0.717) is 0 Å². The Bertz CT molecular complexity index is 450. The fourth-order valence-electron chi connectivity index (χ4n) is 2.78. The standard InChI is InChI=1S/C14H18ClNO2/c1-8(16)2-3-9-10-4-6-18-14(10)12(15)11-5-7-17-13(9)11/h8H,2-7,16H2,1H3. The molecule has 1 aromatic carbocycles. The number of rotatable bonds is 3. The first-order chi connectivity index (χ1) is 8.68. The van der Waals surface area contributed by atoms with Crippen LogP contribution in [0, 0.1) is 0 Å². The minimum Gasteiger partial charge on any atom is -0.493 e. The molecule has 0 saturated heterocycles. The number of ether oxygens (including phenoxy) is 2. The average molecular weight is 268 g/mol. The van der Waals surface area contributed by atoms with Gasteiger partial charge in [0.15, 0.2) is 0 Å². The molecule has 0 saturated carbocycles. The lowest BCUT2D eigenvalue weighted by Crippen LogP contribution is -2.16. The largest absolute Gasteiger partial charge is 0.493 e. The van der Waals surface area contributed by atoms with Crippen LogP contribution >= 0.6 is 11.6 Å². The molecule has 18 heavy (non-hydrogen) atoms. The SMILES string of the molecule is CC(N)CCc1c2c(c(Cl)c3c1OCC3)OCC2. The molecule has 2 heterocycles. The Morgan fingerprint density at radius 2 is 1.83 bits per heavy atom. The van der Waals surface area contributed by atoms with Crippen molar-refractivity contribution in [3.63, 3.8) is 0 Å². The van der Waals surface area contributed by atoms with Gasteiger partial charge in [-0.15, -0.1) is 0 Å². The molecule has 0 spiro atoms. The Morgan fingerprint density at radius 3 is 2.56 bits per heavy atom. The van der Waals surface area contributed by atoms with Crippen molar-refractivity contribution < 1.29 is 9.47 Å². The zero-order valence-electron chi connectivity index (χ0n) is 10.6. The maximum Gasteiger partial charge on any atom is 0.142 e. The Morgan fingerprint density at radius 1 is 1.17 bits per heavy atom. The van der Waals surface area contributed by atoms with E-state index in [9.17, 15) is 0 Å². The van der Waals surface area contributed by atoms with Gasteiger partial charge >= 0.3 is 0 Å². The second-order valence-corrected chi connectivity index (χ2v) is 5.50. The summed E-state index contributed by atoms with van der Waals surface area (Å²) in [5.41, 5.74) is 9.50. The van der Waals surface area contributed by atoms with Crippen LogP contribution in [0.25, 0.3) is 0 Å². The van der Waals surface area contributed by atoms with Crippen LogP contribution in [0.5, 0.6) is 11.5 Å². The molecule has 0 amide bonds. The van der Waals surface area contributed by atoms with Crippen molar-refractivity contribution in [3.8, 4) is 11.5 Å². The molecule has 0 radical (unpaired) electrons. The zero-order valence-corrected chi connectivity index (χ0v) is 11.3. The van der Waals surface area contributed by atoms with Crippen molar-refractivity contribution in [2.24, 2.45) is 5.73 Å². The molecule has 2 N–H and O–H groups in total. The third kappa shape index (κ3) is 1.86. The van der Waals surface area contributed by atoms with Crippen LogP contribution < -0.4 is 15.2 Å². The lowest BCUT2D eigenvalue weighted by molar-refractivity contribution is 0.352. The van der Waals surface area contributed by atoms with E-state index in [4.69, 9.17) is 26.8 Å². The van der Waals surface area contributed by atoms with Crippen LogP contribution in [-0.2, 0) is 19.3 Å². The van der Waals surface area contributed by atoms with Crippen molar-refractivity contribution in [1.29, 1.82) is 0 Å². The van der Waals surface area contributed by atoms with Gasteiger partial charge in [0.1, 0.15) is 11.5 Å². The lowest BCUT2D eigenvalue weighted by atomic mass is 9.95. The second kappa shape index (κ2) is 4.63. The Hall–Kier alpha value is -0.930. The third-order valence-electron chi connectivity index (χ3n) is 3.70. The summed E-state index contributed by atoms with van der Waals surface area (Å²) in [5, 5.41) is 0.763. The summed E-state index contributed by atoms with van der Waals surface area (Å²) < 4.78 is 11.5. The quantitative estimate of drug-likeness (QED) is 0.915. The van der Waals surface area contributed by atoms with E-state index < -0.39 is 0 Å². The second-order valence-electron chi connectivity index (χ2n) is 5.12. The molecule has 1 unspecified atom stereocenters. The minimum atomic E-state index is 0.204. The lowest BCUT2D eigenvalue weighted by Gasteiger charge is -2.15. The average Bonchev–Trinajstić information content (AvgIpc) is 2.95. The molecule has 0 bridgehead atoms. The zero-order chi connectivity index (χ0) is 12.7. The Labute approximate surface area is 112 Å². The van der Waals surface area contributed by atoms with Crippen LogP contribution in [0.15, 0.2) is 0 Å². The molecule has 0 aliphatic carbocycles. The summed E-state index contributed by atoms with van der Waals surface area (Å²) >= 11 is 6.40. The van der Waals surface area contributed by atoms with Crippen LogP contribution in [0.2, 0.25) is 5.02 Å². The van der Waals surface area contributed by atoms with Gasteiger partial charge in [-0.05, 0) is 19.8 Å². The number of fused-ring (bicyclic) bond motifs is 2. The highest BCUT2D eigenvalue weighted by Crippen LogP contribution is 2.47. The molecule has 0 aromatic heterocycles. The van der Waals surface area contributed by atoms with E-state index in [-0.39, 0.29) is 6.04 Å². The molecule has 0 fully saturated rings. The summed E-state index contributed by atoms with van der Waals surface area (Å²) in [6.07, 6.45) is 3.72. The molecular weight excluding hydrogens is 250 g/mol. The predicted octanol–water partition coefficient (Wildman–Crippen LogP) is 2.49. The number of hydrogen-bond donors (Lipinski definition) is 1. The summed E-state index contributed by atoms with van der Waals surface area (Å²) in [4.78, 5) is 0. The highest BCUT2D eigenvalue weighted by Gasteiger charge is 2.30. The van der Waals surface area contributed by atoms with E-state index in [1.807, 2.05) is 6.92 Å². The van der Waals surface area contributed by atoms with Crippen molar-refractivity contribution >= 4 is 11.6 Å². The van der Waals surface area contributed by atoms with Crippen LogP contribution in [0.1, 0.15) is 30.0 Å². The summed E-state index contributed by atoms with van der Waals surface area (Å²) in [6, 6.07) is 0.204. The third-order valence-corrected chi connectivity index (χ3v) is 4.10. The monoisotopic (exact) mass is 267 g/mol. The molecular formula is C14H18ClNO2. The van der Waals surface area contributed by atoms with Gasteiger partial charge in [0.2, 0.25) is 0 Å².